The van der Waals surface area contributed by atoms with Crippen molar-refractivity contribution in [2.75, 3.05) is 31.5 Å². The molecule has 2 aliphatic rings. The van der Waals surface area contributed by atoms with E-state index >= 15 is 0 Å². The first kappa shape index (κ1) is 15.0. The van der Waals surface area contributed by atoms with Gasteiger partial charge in [0.05, 0.1) is 12.5 Å². The lowest BCUT2D eigenvalue weighted by Gasteiger charge is -2.30. The molecule has 1 unspecified atom stereocenters. The summed E-state index contributed by atoms with van der Waals surface area (Å²) in [4.78, 5) is 25.5. The van der Waals surface area contributed by atoms with Gasteiger partial charge < -0.3 is 10.4 Å². The van der Waals surface area contributed by atoms with E-state index in [1.165, 1.54) is 5.56 Å². The molecule has 22 heavy (non-hydrogen) atoms. The Bertz CT molecular complexity index is 585. The Morgan fingerprint density at radius 3 is 3.00 bits per heavy atom. The number of carbonyl (C=O) groups is 2. The van der Waals surface area contributed by atoms with Crippen molar-refractivity contribution in [3.05, 3.63) is 29.3 Å². The highest BCUT2D eigenvalue weighted by Crippen LogP contribution is 2.23. The van der Waals surface area contributed by atoms with Gasteiger partial charge in [-0.2, -0.15) is 0 Å². The number of Topliss-reactive ketones (excluding diaryl/α,β-unsaturated/α-hetero) is 1. The average Bonchev–Trinajstić information content (AvgIpc) is 2.54. The van der Waals surface area contributed by atoms with Gasteiger partial charge in [-0.15, -0.1) is 0 Å². The third kappa shape index (κ3) is 3.30. The van der Waals surface area contributed by atoms with Crippen molar-refractivity contribution in [2.24, 2.45) is 5.92 Å². The van der Waals surface area contributed by atoms with E-state index in [2.05, 4.69) is 5.32 Å². The van der Waals surface area contributed by atoms with Crippen LogP contribution in [0.2, 0.25) is 0 Å². The van der Waals surface area contributed by atoms with Crippen LogP contribution in [0.3, 0.4) is 0 Å². The van der Waals surface area contributed by atoms with Crippen LogP contribution in [0.15, 0.2) is 18.2 Å². The minimum absolute atomic E-state index is 0.0828. The van der Waals surface area contributed by atoms with Crippen LogP contribution in [0.25, 0.3) is 0 Å². The summed E-state index contributed by atoms with van der Waals surface area (Å²) >= 11 is 0. The Morgan fingerprint density at radius 2 is 2.18 bits per heavy atom. The van der Waals surface area contributed by atoms with E-state index in [1.807, 2.05) is 23.1 Å². The number of likely N-dealkylation sites (tertiary alicyclic amines) is 1. The van der Waals surface area contributed by atoms with Crippen LogP contribution < -0.4 is 5.32 Å². The lowest BCUT2D eigenvalue weighted by Crippen LogP contribution is -2.41. The third-order valence-corrected chi connectivity index (χ3v) is 4.59. The van der Waals surface area contributed by atoms with E-state index in [0.717, 1.165) is 43.6 Å². The summed E-state index contributed by atoms with van der Waals surface area (Å²) in [6.07, 6.45) is 3.66. The van der Waals surface area contributed by atoms with Gasteiger partial charge >= 0.3 is 5.97 Å². The molecule has 0 radical (unpaired) electrons. The molecule has 2 N–H and O–H groups in total. The molecular formula is C17H22N2O3. The number of nitrogens with one attached hydrogen (secondary N) is 1. The second-order valence-electron chi connectivity index (χ2n) is 6.24. The fourth-order valence-corrected chi connectivity index (χ4v) is 3.34. The first-order valence-corrected chi connectivity index (χ1v) is 7.98. The number of hydrogen-bond acceptors (Lipinski definition) is 4. The van der Waals surface area contributed by atoms with Crippen molar-refractivity contribution >= 4 is 17.4 Å². The zero-order valence-electron chi connectivity index (χ0n) is 12.7. The number of carbonyl (C=O) groups excluding carboxylic acids is 1. The molecule has 2 aliphatic heterocycles. The molecule has 2 heterocycles. The molecule has 0 amide bonds. The van der Waals surface area contributed by atoms with Gasteiger partial charge in [-0.05, 0) is 56.0 Å². The Morgan fingerprint density at radius 1 is 1.32 bits per heavy atom. The minimum atomic E-state index is -0.753. The van der Waals surface area contributed by atoms with E-state index in [4.69, 9.17) is 5.11 Å². The van der Waals surface area contributed by atoms with Gasteiger partial charge in [0.15, 0.2) is 5.78 Å². The molecule has 5 heteroatoms. The second-order valence-corrected chi connectivity index (χ2v) is 6.24. The lowest BCUT2D eigenvalue weighted by molar-refractivity contribution is -0.143. The predicted octanol–water partition coefficient (Wildman–Crippen LogP) is 2.02. The molecule has 1 aromatic carbocycles. The zero-order valence-corrected chi connectivity index (χ0v) is 12.7. The summed E-state index contributed by atoms with van der Waals surface area (Å²) in [5, 5.41) is 12.5. The fourth-order valence-electron chi connectivity index (χ4n) is 3.34. The fraction of sp³-hybridized carbons (Fsp3) is 0.529. The molecule has 1 saturated heterocycles. The highest BCUT2D eigenvalue weighted by atomic mass is 16.4. The second kappa shape index (κ2) is 6.48. The van der Waals surface area contributed by atoms with Crippen molar-refractivity contribution < 1.29 is 14.7 Å². The van der Waals surface area contributed by atoms with Gasteiger partial charge in [-0.25, -0.2) is 0 Å². The topological polar surface area (TPSA) is 69.6 Å². The van der Waals surface area contributed by atoms with Gasteiger partial charge in [-0.3, -0.25) is 14.5 Å². The highest BCUT2D eigenvalue weighted by Gasteiger charge is 2.26. The highest BCUT2D eigenvalue weighted by molar-refractivity contribution is 5.98. The maximum atomic E-state index is 12.5. The monoisotopic (exact) mass is 302 g/mol. The molecule has 0 saturated carbocycles. The summed E-state index contributed by atoms with van der Waals surface area (Å²) in [7, 11) is 0. The minimum Gasteiger partial charge on any atom is -0.481 e. The summed E-state index contributed by atoms with van der Waals surface area (Å²) in [5.41, 5.74) is 3.07. The molecule has 1 fully saturated rings. The molecule has 0 aliphatic carbocycles. The number of nitrogens with zero attached hydrogens (tertiary/aromatic N) is 1. The predicted molar refractivity (Wildman–Crippen MR) is 84.4 cm³/mol. The molecule has 0 spiro atoms. The summed E-state index contributed by atoms with van der Waals surface area (Å²) in [6, 6.07) is 5.85. The smallest absolute Gasteiger partial charge is 0.307 e. The Labute approximate surface area is 130 Å². The van der Waals surface area contributed by atoms with Crippen LogP contribution in [-0.4, -0.2) is 47.9 Å². The number of fused-ring (bicyclic) bond motifs is 1. The first-order valence-electron chi connectivity index (χ1n) is 7.98. The van der Waals surface area contributed by atoms with E-state index in [1.54, 1.807) is 0 Å². The van der Waals surface area contributed by atoms with Gasteiger partial charge in [0.2, 0.25) is 0 Å². The lowest BCUT2D eigenvalue weighted by atomic mass is 9.96. The molecule has 0 bridgehead atoms. The van der Waals surface area contributed by atoms with Gasteiger partial charge in [0.1, 0.15) is 0 Å². The van der Waals surface area contributed by atoms with Crippen molar-refractivity contribution in [1.29, 1.82) is 0 Å². The van der Waals surface area contributed by atoms with Gasteiger partial charge in [0, 0.05) is 24.3 Å². The van der Waals surface area contributed by atoms with Crippen LogP contribution in [0.4, 0.5) is 5.69 Å². The van der Waals surface area contributed by atoms with E-state index < -0.39 is 5.97 Å². The third-order valence-electron chi connectivity index (χ3n) is 4.59. The maximum Gasteiger partial charge on any atom is 0.307 e. The van der Waals surface area contributed by atoms with Crippen molar-refractivity contribution in [3.8, 4) is 0 Å². The van der Waals surface area contributed by atoms with E-state index in [-0.39, 0.29) is 11.7 Å². The number of aliphatic carboxylic acids is 1. The first-order chi connectivity index (χ1) is 10.6. The number of carboxylic acid groups (broad SMARTS) is 1. The quantitative estimate of drug-likeness (QED) is 0.833. The summed E-state index contributed by atoms with van der Waals surface area (Å²) in [5.74, 6) is -1.01. The van der Waals surface area contributed by atoms with Gasteiger partial charge in [0.25, 0.3) is 0 Å². The van der Waals surface area contributed by atoms with Crippen LogP contribution >= 0.6 is 0 Å². The summed E-state index contributed by atoms with van der Waals surface area (Å²) in [6.45, 7) is 2.59. The number of hydrogen-bond donors (Lipinski definition) is 2. The zero-order chi connectivity index (χ0) is 15.5. The summed E-state index contributed by atoms with van der Waals surface area (Å²) < 4.78 is 0. The van der Waals surface area contributed by atoms with Crippen LogP contribution in [0.1, 0.15) is 35.2 Å². The molecular weight excluding hydrogens is 280 g/mol. The molecule has 5 nitrogen and oxygen atoms in total. The number of rotatable bonds is 4. The van der Waals surface area contributed by atoms with Crippen molar-refractivity contribution in [3.63, 3.8) is 0 Å². The maximum absolute atomic E-state index is 12.5. The largest absolute Gasteiger partial charge is 0.481 e. The number of anilines is 1. The molecule has 1 aromatic rings. The number of ketones is 1. The van der Waals surface area contributed by atoms with E-state index in [0.29, 0.717) is 19.5 Å². The Hall–Kier alpha value is -1.88. The van der Waals surface area contributed by atoms with Crippen molar-refractivity contribution in [2.45, 2.75) is 25.7 Å². The van der Waals surface area contributed by atoms with Crippen LogP contribution in [-0.2, 0) is 11.2 Å². The molecule has 3 rings (SSSR count). The number of benzene rings is 1. The van der Waals surface area contributed by atoms with Crippen molar-refractivity contribution in [1.82, 2.24) is 4.90 Å². The van der Waals surface area contributed by atoms with Crippen LogP contribution in [0, 0.1) is 5.92 Å². The average molecular weight is 302 g/mol. The Kier molecular flexibility index (Phi) is 4.43. The number of carboxylic acids is 1. The van der Waals surface area contributed by atoms with Gasteiger partial charge in [-0.1, -0.05) is 0 Å². The molecule has 1 atom stereocenters. The molecule has 0 aromatic heterocycles. The normalized spacial score (nSPS) is 21.7. The molecule has 118 valence electrons. The number of aryl methyl sites for hydroxylation is 1. The van der Waals surface area contributed by atoms with Crippen LogP contribution in [0.5, 0.6) is 0 Å². The van der Waals surface area contributed by atoms with E-state index in [9.17, 15) is 9.59 Å². The SMILES string of the molecule is O=C(CN1CCCC(C(=O)O)C1)c1ccc2c(c1)CCCN2. The number of piperidine rings is 1. The Balaban J connectivity index is 1.65. The standard InChI is InChI=1S/C17H22N2O3/c20-16(11-19-8-2-4-14(10-19)17(21)22)13-5-6-15-12(9-13)3-1-7-18-15/h5-6,9,14,18H,1-4,7-8,10-11H2,(H,21,22).